The van der Waals surface area contributed by atoms with Gasteiger partial charge in [-0.25, -0.2) is 0 Å². The molecular formula is C29H25N3O3. The SMILES string of the molecule is CCOc1nc(C)n(-c2ccc3c(c2)CCO3)c(=O)c1Cc1ccc(-c2ccccc2C#N)cc1. The topological polar surface area (TPSA) is 77.1 Å². The molecule has 5 rings (SSSR count). The normalized spacial score (nSPS) is 12.0. The monoisotopic (exact) mass is 463 g/mol. The van der Waals surface area contributed by atoms with Crippen LogP contribution in [0.3, 0.4) is 0 Å². The smallest absolute Gasteiger partial charge is 0.265 e. The first-order valence-corrected chi connectivity index (χ1v) is 11.7. The summed E-state index contributed by atoms with van der Waals surface area (Å²) in [6.07, 6.45) is 1.21. The number of benzene rings is 3. The molecule has 0 bridgehead atoms. The van der Waals surface area contributed by atoms with Gasteiger partial charge in [-0.15, -0.1) is 0 Å². The summed E-state index contributed by atoms with van der Waals surface area (Å²) in [7, 11) is 0. The number of ether oxygens (including phenoxy) is 2. The van der Waals surface area contributed by atoms with E-state index >= 15 is 0 Å². The molecule has 6 nitrogen and oxygen atoms in total. The minimum Gasteiger partial charge on any atom is -0.493 e. The Morgan fingerprint density at radius 3 is 2.69 bits per heavy atom. The molecule has 0 unspecified atom stereocenters. The number of rotatable bonds is 6. The molecule has 1 aliphatic heterocycles. The van der Waals surface area contributed by atoms with Crippen molar-refractivity contribution >= 4 is 0 Å². The Bertz CT molecular complexity index is 1500. The summed E-state index contributed by atoms with van der Waals surface area (Å²) < 4.78 is 13.0. The summed E-state index contributed by atoms with van der Waals surface area (Å²) >= 11 is 0. The Hall–Kier alpha value is -4.37. The third-order valence-electron chi connectivity index (χ3n) is 6.21. The minimum atomic E-state index is -0.140. The molecular weight excluding hydrogens is 438 g/mol. The molecule has 6 heteroatoms. The van der Waals surface area contributed by atoms with E-state index in [1.807, 2.05) is 80.6 Å². The number of hydrogen-bond donors (Lipinski definition) is 0. The van der Waals surface area contributed by atoms with Gasteiger partial charge in [-0.05, 0) is 60.4 Å². The highest BCUT2D eigenvalue weighted by atomic mass is 16.5. The van der Waals surface area contributed by atoms with Gasteiger partial charge in [0.25, 0.3) is 5.56 Å². The highest BCUT2D eigenvalue weighted by Crippen LogP contribution is 2.28. The molecule has 2 heterocycles. The zero-order valence-corrected chi connectivity index (χ0v) is 19.7. The predicted octanol–water partition coefficient (Wildman–Crippen LogP) is 5.00. The van der Waals surface area contributed by atoms with E-state index in [9.17, 15) is 10.1 Å². The number of aromatic nitrogens is 2. The molecule has 1 aromatic heterocycles. The van der Waals surface area contributed by atoms with Crippen LogP contribution < -0.4 is 15.0 Å². The van der Waals surface area contributed by atoms with Crippen LogP contribution in [0.25, 0.3) is 16.8 Å². The largest absolute Gasteiger partial charge is 0.493 e. The van der Waals surface area contributed by atoms with E-state index < -0.39 is 0 Å². The zero-order valence-electron chi connectivity index (χ0n) is 19.7. The van der Waals surface area contributed by atoms with Crippen LogP contribution in [0.1, 0.15) is 35.0 Å². The van der Waals surface area contributed by atoms with E-state index in [0.717, 1.165) is 40.1 Å². The van der Waals surface area contributed by atoms with Crippen molar-refractivity contribution in [1.29, 1.82) is 5.26 Å². The molecule has 4 aromatic rings. The van der Waals surface area contributed by atoms with E-state index in [2.05, 4.69) is 11.1 Å². The van der Waals surface area contributed by atoms with Gasteiger partial charge in [0.2, 0.25) is 5.88 Å². The van der Waals surface area contributed by atoms with Crippen LogP contribution in [-0.4, -0.2) is 22.8 Å². The van der Waals surface area contributed by atoms with Crippen LogP contribution in [0, 0.1) is 18.3 Å². The van der Waals surface area contributed by atoms with Crippen molar-refractivity contribution in [2.45, 2.75) is 26.7 Å². The Morgan fingerprint density at radius 1 is 1.11 bits per heavy atom. The first-order chi connectivity index (χ1) is 17.1. The summed E-state index contributed by atoms with van der Waals surface area (Å²) in [5.74, 6) is 1.82. The summed E-state index contributed by atoms with van der Waals surface area (Å²) in [6.45, 7) is 4.78. The van der Waals surface area contributed by atoms with Crippen molar-refractivity contribution in [1.82, 2.24) is 9.55 Å². The maximum absolute atomic E-state index is 13.7. The lowest BCUT2D eigenvalue weighted by atomic mass is 9.98. The van der Waals surface area contributed by atoms with Gasteiger partial charge >= 0.3 is 0 Å². The van der Waals surface area contributed by atoms with Gasteiger partial charge in [-0.2, -0.15) is 10.2 Å². The second-order valence-electron chi connectivity index (χ2n) is 8.44. The number of nitrogens with zero attached hydrogens (tertiary/aromatic N) is 3. The van der Waals surface area contributed by atoms with Gasteiger partial charge < -0.3 is 9.47 Å². The minimum absolute atomic E-state index is 0.140. The lowest BCUT2D eigenvalue weighted by Gasteiger charge is -2.16. The molecule has 0 saturated heterocycles. The van der Waals surface area contributed by atoms with Crippen molar-refractivity contribution in [2.75, 3.05) is 13.2 Å². The van der Waals surface area contributed by atoms with E-state index in [4.69, 9.17) is 9.47 Å². The second kappa shape index (κ2) is 9.47. The quantitative estimate of drug-likeness (QED) is 0.402. The molecule has 0 fully saturated rings. The highest BCUT2D eigenvalue weighted by molar-refractivity contribution is 5.70. The van der Waals surface area contributed by atoms with Crippen LogP contribution in [-0.2, 0) is 12.8 Å². The van der Waals surface area contributed by atoms with E-state index in [-0.39, 0.29) is 5.56 Å². The Morgan fingerprint density at radius 2 is 1.91 bits per heavy atom. The summed E-state index contributed by atoms with van der Waals surface area (Å²) in [6, 6.07) is 23.5. The number of fused-ring (bicyclic) bond motifs is 1. The molecule has 0 saturated carbocycles. The Labute approximate surface area is 204 Å². The molecule has 1 aliphatic rings. The highest BCUT2D eigenvalue weighted by Gasteiger charge is 2.20. The first kappa shape index (κ1) is 22.4. The van der Waals surface area contributed by atoms with Crippen LogP contribution in [0.2, 0.25) is 0 Å². The van der Waals surface area contributed by atoms with Crippen LogP contribution >= 0.6 is 0 Å². The molecule has 3 aromatic carbocycles. The van der Waals surface area contributed by atoms with Gasteiger partial charge in [0, 0.05) is 12.8 Å². The van der Waals surface area contributed by atoms with E-state index in [1.54, 1.807) is 4.57 Å². The van der Waals surface area contributed by atoms with Crippen molar-refractivity contribution in [3.05, 3.63) is 105 Å². The fourth-order valence-corrected chi connectivity index (χ4v) is 4.50. The summed E-state index contributed by atoms with van der Waals surface area (Å²) in [5.41, 5.74) is 5.67. The first-order valence-electron chi connectivity index (χ1n) is 11.7. The molecule has 0 radical (unpaired) electrons. The van der Waals surface area contributed by atoms with Crippen molar-refractivity contribution < 1.29 is 9.47 Å². The molecule has 35 heavy (non-hydrogen) atoms. The Kier molecular flexibility index (Phi) is 6.07. The third kappa shape index (κ3) is 4.29. The van der Waals surface area contributed by atoms with E-state index in [0.29, 0.717) is 42.5 Å². The lowest BCUT2D eigenvalue weighted by Crippen LogP contribution is -2.27. The Balaban J connectivity index is 1.53. The van der Waals surface area contributed by atoms with Gasteiger partial charge in [0.15, 0.2) is 0 Å². The molecule has 0 aliphatic carbocycles. The number of nitriles is 1. The van der Waals surface area contributed by atoms with E-state index in [1.165, 1.54) is 0 Å². The van der Waals surface area contributed by atoms with Gasteiger partial charge in [-0.1, -0.05) is 42.5 Å². The van der Waals surface area contributed by atoms with Crippen LogP contribution in [0.5, 0.6) is 11.6 Å². The molecule has 174 valence electrons. The maximum atomic E-state index is 13.7. The number of aryl methyl sites for hydroxylation is 1. The maximum Gasteiger partial charge on any atom is 0.265 e. The van der Waals surface area contributed by atoms with Crippen molar-refractivity contribution in [2.24, 2.45) is 0 Å². The summed E-state index contributed by atoms with van der Waals surface area (Å²) in [4.78, 5) is 18.4. The average Bonchev–Trinajstić information content (AvgIpc) is 3.35. The predicted molar refractivity (Wildman–Crippen MR) is 134 cm³/mol. The molecule has 0 atom stereocenters. The summed E-state index contributed by atoms with van der Waals surface area (Å²) in [5, 5.41) is 9.42. The van der Waals surface area contributed by atoms with Crippen molar-refractivity contribution in [3.63, 3.8) is 0 Å². The molecule has 0 spiro atoms. The van der Waals surface area contributed by atoms with Crippen LogP contribution in [0.4, 0.5) is 0 Å². The fourth-order valence-electron chi connectivity index (χ4n) is 4.50. The fraction of sp³-hybridized carbons (Fsp3) is 0.207. The standard InChI is InChI=1S/C29H25N3O3/c1-3-34-28-26(16-20-8-10-21(11-9-20)25-7-5-4-6-23(25)18-30)29(33)32(19(2)31-28)24-12-13-27-22(17-24)14-15-35-27/h4-13,17H,3,14-16H2,1-2H3. The molecule has 0 N–H and O–H groups in total. The average molecular weight is 464 g/mol. The lowest BCUT2D eigenvalue weighted by molar-refractivity contribution is 0.320. The van der Waals surface area contributed by atoms with Gasteiger partial charge in [0.05, 0.1) is 36.1 Å². The number of hydrogen-bond acceptors (Lipinski definition) is 5. The van der Waals surface area contributed by atoms with Gasteiger partial charge in [0.1, 0.15) is 11.6 Å². The molecule has 0 amide bonds. The van der Waals surface area contributed by atoms with Crippen LogP contribution in [0.15, 0.2) is 71.5 Å². The van der Waals surface area contributed by atoms with Crippen molar-refractivity contribution in [3.8, 4) is 34.5 Å². The third-order valence-corrected chi connectivity index (χ3v) is 6.21. The second-order valence-corrected chi connectivity index (χ2v) is 8.44. The van der Waals surface area contributed by atoms with Gasteiger partial charge in [-0.3, -0.25) is 9.36 Å². The zero-order chi connectivity index (χ0) is 24.4.